The van der Waals surface area contributed by atoms with Gasteiger partial charge in [-0.3, -0.25) is 0 Å². The topological polar surface area (TPSA) is 66.8 Å². The number of hydrogen-bond donors (Lipinski definition) is 2. The van der Waals surface area contributed by atoms with E-state index in [-0.39, 0.29) is 0 Å². The third kappa shape index (κ3) is 1.57. The van der Waals surface area contributed by atoms with Gasteiger partial charge in [-0.15, -0.1) is 4.18 Å². The Morgan fingerprint density at radius 1 is 1.78 bits per heavy atom. The van der Waals surface area contributed by atoms with Crippen LogP contribution in [0.3, 0.4) is 0 Å². The molecule has 0 amide bonds. The van der Waals surface area contributed by atoms with Crippen LogP contribution in [0.25, 0.3) is 0 Å². The molecule has 2 unspecified atom stereocenters. The molecule has 1 saturated heterocycles. The molecule has 4 nitrogen and oxygen atoms in total. The number of hydrogen-bond acceptors (Lipinski definition) is 3. The molecule has 0 aromatic rings. The van der Waals surface area contributed by atoms with Crippen LogP contribution >= 0.6 is 0 Å². The van der Waals surface area contributed by atoms with Gasteiger partial charge in [0.15, 0.2) is 5.75 Å². The maximum atomic E-state index is 10.1. The zero-order valence-corrected chi connectivity index (χ0v) is 5.43. The van der Waals surface area contributed by atoms with E-state index < -0.39 is 22.8 Å². The zero-order valence-electron chi connectivity index (χ0n) is 4.61. The molecule has 0 radical (unpaired) electrons. The normalized spacial score (nSPS) is 34.8. The second-order valence-corrected chi connectivity index (χ2v) is 3.30. The van der Waals surface area contributed by atoms with Gasteiger partial charge in [0.05, 0.1) is 6.42 Å². The third-order valence-electron chi connectivity index (χ3n) is 0.972. The molecule has 1 aliphatic rings. The van der Waals surface area contributed by atoms with E-state index >= 15 is 0 Å². The van der Waals surface area contributed by atoms with Crippen molar-refractivity contribution in [1.29, 1.82) is 0 Å². The first-order valence-electron chi connectivity index (χ1n) is 2.49. The highest BCUT2D eigenvalue weighted by molar-refractivity contribution is 8.06. The van der Waals surface area contributed by atoms with E-state index in [1.165, 1.54) is 0 Å². The summed E-state index contributed by atoms with van der Waals surface area (Å²) in [6.07, 6.45) is -0.417. The minimum atomic E-state index is -1.04. The van der Waals surface area contributed by atoms with E-state index in [0.717, 1.165) is 0 Å². The van der Waals surface area contributed by atoms with Gasteiger partial charge >= 0.3 is 5.30 Å². The Kier molecular flexibility index (Phi) is 1.94. The molecule has 0 spiro atoms. The predicted molar refractivity (Wildman–Crippen MR) is 32.0 cm³/mol. The lowest BCUT2D eigenvalue weighted by Gasteiger charge is -1.89. The number of carbonyl (C=O) groups is 1. The molecule has 0 saturated carbocycles. The fraction of sp³-hybridized carbons (Fsp3) is 0.750. The number of carboxylic acid groups (broad SMARTS) is 1. The lowest BCUT2D eigenvalue weighted by Crippen LogP contribution is -2.14. The summed E-state index contributed by atoms with van der Waals surface area (Å²) < 4.78 is 4.61. The van der Waals surface area contributed by atoms with Crippen molar-refractivity contribution in [3.05, 3.63) is 0 Å². The highest BCUT2D eigenvalue weighted by Crippen LogP contribution is 2.16. The van der Waals surface area contributed by atoms with Crippen LogP contribution < -0.4 is 0 Å². The van der Waals surface area contributed by atoms with Gasteiger partial charge in [-0.25, -0.2) is 0 Å². The zero-order chi connectivity index (χ0) is 6.85. The number of rotatable bonds is 0. The van der Waals surface area contributed by atoms with E-state index in [4.69, 9.17) is 10.2 Å². The van der Waals surface area contributed by atoms with E-state index in [9.17, 15) is 4.79 Å². The first kappa shape index (κ1) is 6.85. The van der Waals surface area contributed by atoms with Crippen LogP contribution in [-0.2, 0) is 15.4 Å². The van der Waals surface area contributed by atoms with E-state index in [2.05, 4.69) is 4.18 Å². The molecule has 0 aromatic carbocycles. The van der Waals surface area contributed by atoms with Gasteiger partial charge in [0.1, 0.15) is 0 Å². The van der Waals surface area contributed by atoms with E-state index in [1.807, 2.05) is 0 Å². The Labute approximate surface area is 55.0 Å². The van der Waals surface area contributed by atoms with Crippen LogP contribution in [0.1, 0.15) is 6.42 Å². The maximum absolute atomic E-state index is 10.1. The van der Waals surface area contributed by atoms with Crippen LogP contribution in [0.4, 0.5) is 4.79 Å². The molecular weight excluding hydrogens is 144 g/mol. The molecule has 5 heteroatoms. The smallest absolute Gasteiger partial charge is 0.439 e. The largest absolute Gasteiger partial charge is 0.558 e. The molecule has 1 heterocycles. The van der Waals surface area contributed by atoms with Crippen LogP contribution in [0.5, 0.6) is 0 Å². The van der Waals surface area contributed by atoms with Crippen molar-refractivity contribution in [3.8, 4) is 0 Å². The van der Waals surface area contributed by atoms with Gasteiger partial charge < -0.3 is 10.2 Å². The number of aliphatic hydroxyl groups excluding tert-OH is 1. The maximum Gasteiger partial charge on any atom is 0.558 e. The SMILES string of the molecule is O=C(O)[S+]1CCC(O)O1. The monoisotopic (exact) mass is 151 g/mol. The summed E-state index contributed by atoms with van der Waals surface area (Å²) in [6.45, 7) is 0. The fourth-order valence-electron chi connectivity index (χ4n) is 0.567. The highest BCUT2D eigenvalue weighted by Gasteiger charge is 2.41. The van der Waals surface area contributed by atoms with Crippen LogP contribution in [0.2, 0.25) is 0 Å². The van der Waals surface area contributed by atoms with Crippen molar-refractivity contribution < 1.29 is 19.2 Å². The van der Waals surface area contributed by atoms with Gasteiger partial charge in [-0.1, -0.05) is 0 Å². The molecule has 1 fully saturated rings. The third-order valence-corrected chi connectivity index (χ3v) is 2.42. The summed E-state index contributed by atoms with van der Waals surface area (Å²) in [6, 6.07) is 0. The minimum absolute atomic E-state index is 0.440. The van der Waals surface area contributed by atoms with E-state index in [0.29, 0.717) is 12.2 Å². The summed E-state index contributed by atoms with van der Waals surface area (Å²) in [5, 5.41) is 16.0. The van der Waals surface area contributed by atoms with Crippen molar-refractivity contribution in [2.24, 2.45) is 0 Å². The number of aliphatic hydroxyl groups is 1. The molecule has 0 aromatic heterocycles. The summed E-state index contributed by atoms with van der Waals surface area (Å²) in [5.74, 6) is 0.441. The first-order chi connectivity index (χ1) is 4.20. The van der Waals surface area contributed by atoms with Gasteiger partial charge in [-0.05, 0) is 0 Å². The highest BCUT2D eigenvalue weighted by atomic mass is 32.2. The first-order valence-corrected chi connectivity index (χ1v) is 3.81. The summed E-state index contributed by atoms with van der Waals surface area (Å²) >= 11 is -1.04. The molecule has 1 rings (SSSR count). The average Bonchev–Trinajstić information content (AvgIpc) is 2.14. The summed E-state index contributed by atoms with van der Waals surface area (Å²) in [7, 11) is 0. The quantitative estimate of drug-likeness (QED) is 0.476. The molecule has 52 valence electrons. The van der Waals surface area contributed by atoms with Crippen molar-refractivity contribution in [2.45, 2.75) is 12.7 Å². The summed E-state index contributed by atoms with van der Waals surface area (Å²) in [4.78, 5) is 10.1. The van der Waals surface area contributed by atoms with Crippen molar-refractivity contribution in [3.63, 3.8) is 0 Å². The summed E-state index contributed by atoms with van der Waals surface area (Å²) in [5.41, 5.74) is 0. The molecule has 2 atom stereocenters. The van der Waals surface area contributed by atoms with Crippen LogP contribution in [0.15, 0.2) is 0 Å². The Bertz CT molecular complexity index is 126. The van der Waals surface area contributed by atoms with Crippen molar-refractivity contribution in [1.82, 2.24) is 0 Å². The lowest BCUT2D eigenvalue weighted by atomic mass is 10.5. The van der Waals surface area contributed by atoms with Crippen molar-refractivity contribution >= 4 is 16.5 Å². The standard InChI is InChI=1S/C4H6O4S/c5-3-1-2-9(8-3)4(6)7/h3,5H,1-2H2/p+1. The fourth-order valence-corrected chi connectivity index (χ4v) is 1.70. The van der Waals surface area contributed by atoms with Gasteiger partial charge in [0.2, 0.25) is 6.29 Å². The molecule has 2 N–H and O–H groups in total. The predicted octanol–water partition coefficient (Wildman–Crippen LogP) is -0.0636. The Morgan fingerprint density at radius 2 is 2.44 bits per heavy atom. The second-order valence-electron chi connectivity index (χ2n) is 1.66. The molecular formula is C4H7O4S+. The second kappa shape index (κ2) is 2.55. The van der Waals surface area contributed by atoms with Crippen LogP contribution in [0, 0.1) is 0 Å². The Morgan fingerprint density at radius 3 is 2.67 bits per heavy atom. The van der Waals surface area contributed by atoms with E-state index in [1.54, 1.807) is 0 Å². The van der Waals surface area contributed by atoms with Gasteiger partial charge in [-0.2, -0.15) is 4.79 Å². The van der Waals surface area contributed by atoms with Crippen LogP contribution in [-0.4, -0.2) is 27.6 Å². The Hall–Kier alpha value is -0.260. The lowest BCUT2D eigenvalue weighted by molar-refractivity contribution is 0.00817. The molecule has 0 aliphatic carbocycles. The van der Waals surface area contributed by atoms with Gasteiger partial charge in [0.25, 0.3) is 11.2 Å². The van der Waals surface area contributed by atoms with Crippen molar-refractivity contribution in [2.75, 3.05) is 5.75 Å². The van der Waals surface area contributed by atoms with Gasteiger partial charge in [0, 0.05) is 0 Å². The molecule has 9 heavy (non-hydrogen) atoms. The molecule has 0 bridgehead atoms. The molecule has 1 aliphatic heterocycles. The Balaban J connectivity index is 2.39. The average molecular weight is 151 g/mol. The minimum Gasteiger partial charge on any atom is -0.439 e.